The van der Waals surface area contributed by atoms with Crippen LogP contribution in [-0.2, 0) is 12.0 Å². The van der Waals surface area contributed by atoms with Crippen molar-refractivity contribution < 1.29 is 40.2 Å². The maximum absolute atomic E-state index is 13.4. The Morgan fingerprint density at radius 1 is 0.864 bits per heavy atom. The first-order valence-corrected chi connectivity index (χ1v) is 6.03. The largest absolute Gasteiger partial charge is 0.457 e. The van der Waals surface area contributed by atoms with Crippen molar-refractivity contribution in [2.45, 2.75) is 44.1 Å². The van der Waals surface area contributed by atoms with E-state index in [1.165, 1.54) is 19.9 Å². The van der Waals surface area contributed by atoms with E-state index in [0.717, 1.165) is 0 Å². The minimum absolute atomic E-state index is 0.0231. The molecular formula is C13H12F8O. The van der Waals surface area contributed by atoms with E-state index >= 15 is 0 Å². The van der Waals surface area contributed by atoms with Gasteiger partial charge in [-0.25, -0.2) is 0 Å². The Bertz CT molecular complexity index is 546. The van der Waals surface area contributed by atoms with Crippen molar-refractivity contribution in [1.82, 2.24) is 0 Å². The van der Waals surface area contributed by atoms with Gasteiger partial charge in [-0.05, 0) is 24.5 Å². The van der Waals surface area contributed by atoms with Crippen molar-refractivity contribution >= 4 is 0 Å². The summed E-state index contributed by atoms with van der Waals surface area (Å²) in [7, 11) is 0. The molecule has 0 spiro atoms. The molecule has 0 aliphatic rings. The van der Waals surface area contributed by atoms with Crippen LogP contribution in [0.4, 0.5) is 35.1 Å². The Balaban J connectivity index is 3.73. The van der Waals surface area contributed by atoms with E-state index in [1.807, 2.05) is 0 Å². The van der Waals surface area contributed by atoms with E-state index in [4.69, 9.17) is 0 Å². The third-order valence-corrected chi connectivity index (χ3v) is 3.18. The SMILES string of the molecule is CCc1cc(C)cc(C(O)(C(F)(F)F)C(F)(F)C(F)(F)F)c1. The predicted molar refractivity (Wildman–Crippen MR) is 61.5 cm³/mol. The number of alkyl halides is 8. The Kier molecular flexibility index (Phi) is 4.55. The molecule has 9 heteroatoms. The summed E-state index contributed by atoms with van der Waals surface area (Å²) in [6, 6.07) is 2.29. The van der Waals surface area contributed by atoms with Crippen molar-refractivity contribution in [3.05, 3.63) is 34.9 Å². The molecule has 0 saturated heterocycles. The number of hydrogen-bond acceptors (Lipinski definition) is 1. The summed E-state index contributed by atoms with van der Waals surface area (Å²) in [4.78, 5) is 0. The molecule has 0 aromatic heterocycles. The summed E-state index contributed by atoms with van der Waals surface area (Å²) in [5.41, 5.74) is -6.79. The molecule has 1 unspecified atom stereocenters. The molecule has 1 N–H and O–H groups in total. The molecule has 126 valence electrons. The first kappa shape index (κ1) is 18.7. The van der Waals surface area contributed by atoms with Gasteiger partial charge in [0.15, 0.2) is 0 Å². The molecule has 0 bridgehead atoms. The summed E-state index contributed by atoms with van der Waals surface area (Å²) >= 11 is 0. The second-order valence-corrected chi connectivity index (χ2v) is 4.84. The first-order chi connectivity index (χ1) is 9.68. The van der Waals surface area contributed by atoms with Crippen molar-refractivity contribution in [2.75, 3.05) is 0 Å². The molecule has 1 rings (SSSR count). The lowest BCUT2D eigenvalue weighted by atomic mass is 9.84. The van der Waals surface area contributed by atoms with Gasteiger partial charge in [0.25, 0.3) is 5.60 Å². The Hall–Kier alpha value is -1.38. The summed E-state index contributed by atoms with van der Waals surface area (Å²) in [6.07, 6.45) is -12.7. The molecule has 1 aromatic carbocycles. The third-order valence-electron chi connectivity index (χ3n) is 3.18. The van der Waals surface area contributed by atoms with Crippen molar-refractivity contribution in [2.24, 2.45) is 0 Å². The smallest absolute Gasteiger partial charge is 0.371 e. The van der Waals surface area contributed by atoms with Crippen LogP contribution in [0.15, 0.2) is 18.2 Å². The van der Waals surface area contributed by atoms with Crippen molar-refractivity contribution in [1.29, 1.82) is 0 Å². The average molecular weight is 336 g/mol. The number of aliphatic hydroxyl groups is 1. The van der Waals surface area contributed by atoms with Crippen LogP contribution in [-0.4, -0.2) is 23.4 Å². The monoisotopic (exact) mass is 336 g/mol. The Morgan fingerprint density at radius 3 is 1.73 bits per heavy atom. The van der Waals surface area contributed by atoms with Crippen LogP contribution in [0.5, 0.6) is 0 Å². The molecule has 0 aliphatic heterocycles. The van der Waals surface area contributed by atoms with Crippen LogP contribution < -0.4 is 0 Å². The zero-order chi connectivity index (χ0) is 17.6. The average Bonchev–Trinajstić information content (AvgIpc) is 2.33. The normalized spacial score (nSPS) is 16.5. The number of hydrogen-bond donors (Lipinski definition) is 1. The lowest BCUT2D eigenvalue weighted by molar-refractivity contribution is -0.409. The minimum Gasteiger partial charge on any atom is -0.371 e. The first-order valence-electron chi connectivity index (χ1n) is 6.03. The minimum atomic E-state index is -6.58. The van der Waals surface area contributed by atoms with Crippen LogP contribution in [0.25, 0.3) is 0 Å². The van der Waals surface area contributed by atoms with Gasteiger partial charge < -0.3 is 5.11 Å². The molecule has 1 aromatic rings. The van der Waals surface area contributed by atoms with E-state index in [2.05, 4.69) is 0 Å². The summed E-state index contributed by atoms with van der Waals surface area (Å²) < 4.78 is 103. The lowest BCUT2D eigenvalue weighted by Crippen LogP contribution is -2.62. The summed E-state index contributed by atoms with van der Waals surface area (Å²) in [5.74, 6) is -6.41. The van der Waals surface area contributed by atoms with Gasteiger partial charge in [-0.2, -0.15) is 35.1 Å². The topological polar surface area (TPSA) is 20.2 Å². The highest BCUT2D eigenvalue weighted by Gasteiger charge is 2.80. The Morgan fingerprint density at radius 2 is 1.36 bits per heavy atom. The molecule has 0 radical (unpaired) electrons. The fraction of sp³-hybridized carbons (Fsp3) is 0.538. The zero-order valence-electron chi connectivity index (χ0n) is 11.4. The van der Waals surface area contributed by atoms with E-state index in [0.29, 0.717) is 12.1 Å². The van der Waals surface area contributed by atoms with Gasteiger partial charge in [0, 0.05) is 0 Å². The molecule has 1 atom stereocenters. The van der Waals surface area contributed by atoms with Gasteiger partial charge in [-0.3, -0.25) is 0 Å². The maximum atomic E-state index is 13.4. The van der Waals surface area contributed by atoms with Crippen LogP contribution in [0.2, 0.25) is 0 Å². The van der Waals surface area contributed by atoms with Gasteiger partial charge >= 0.3 is 18.3 Å². The molecule has 0 aliphatic carbocycles. The number of aryl methyl sites for hydroxylation is 2. The zero-order valence-corrected chi connectivity index (χ0v) is 11.4. The second-order valence-electron chi connectivity index (χ2n) is 4.84. The fourth-order valence-electron chi connectivity index (χ4n) is 2.00. The second kappa shape index (κ2) is 5.36. The third kappa shape index (κ3) is 2.78. The molecule has 22 heavy (non-hydrogen) atoms. The molecule has 0 amide bonds. The van der Waals surface area contributed by atoms with Crippen LogP contribution in [0.3, 0.4) is 0 Å². The fourth-order valence-corrected chi connectivity index (χ4v) is 2.00. The van der Waals surface area contributed by atoms with E-state index in [1.54, 1.807) is 0 Å². The van der Waals surface area contributed by atoms with Crippen LogP contribution in [0, 0.1) is 6.92 Å². The number of halogens is 8. The molecule has 0 fully saturated rings. The molecule has 1 nitrogen and oxygen atoms in total. The molecular weight excluding hydrogens is 324 g/mol. The molecule has 0 saturated carbocycles. The van der Waals surface area contributed by atoms with E-state index < -0.39 is 29.4 Å². The van der Waals surface area contributed by atoms with E-state index in [-0.39, 0.29) is 17.5 Å². The highest BCUT2D eigenvalue weighted by atomic mass is 19.4. The van der Waals surface area contributed by atoms with Gasteiger partial charge in [-0.15, -0.1) is 0 Å². The highest BCUT2D eigenvalue weighted by Crippen LogP contribution is 2.55. The van der Waals surface area contributed by atoms with Gasteiger partial charge in [0.05, 0.1) is 0 Å². The standard InChI is InChI=1S/C13H12F8O/c1-3-8-4-7(2)5-9(6-8)10(22,12(16,17)18)11(14,15)13(19,20)21/h4-6,22H,3H2,1-2H3. The Labute approximate surface area is 120 Å². The summed E-state index contributed by atoms with van der Waals surface area (Å²) in [6.45, 7) is 2.71. The number of rotatable bonds is 3. The van der Waals surface area contributed by atoms with Gasteiger partial charge in [0.1, 0.15) is 0 Å². The maximum Gasteiger partial charge on any atom is 0.457 e. The van der Waals surface area contributed by atoms with Gasteiger partial charge in [0.2, 0.25) is 0 Å². The summed E-state index contributed by atoms with van der Waals surface area (Å²) in [5, 5.41) is 9.43. The van der Waals surface area contributed by atoms with Crippen LogP contribution in [0.1, 0.15) is 23.6 Å². The van der Waals surface area contributed by atoms with Gasteiger partial charge in [-0.1, -0.05) is 30.7 Å². The van der Waals surface area contributed by atoms with Crippen molar-refractivity contribution in [3.63, 3.8) is 0 Å². The van der Waals surface area contributed by atoms with E-state index in [9.17, 15) is 40.2 Å². The van der Waals surface area contributed by atoms with Crippen LogP contribution >= 0.6 is 0 Å². The predicted octanol–water partition coefficient (Wildman–Crippen LogP) is 4.50. The molecule has 0 heterocycles. The lowest BCUT2D eigenvalue weighted by Gasteiger charge is -2.38. The quantitative estimate of drug-likeness (QED) is 0.806. The van der Waals surface area contributed by atoms with Crippen molar-refractivity contribution in [3.8, 4) is 0 Å². The number of benzene rings is 1. The highest BCUT2D eigenvalue weighted by molar-refractivity contribution is 5.36.